The third-order valence-corrected chi connectivity index (χ3v) is 3.23. The van der Waals surface area contributed by atoms with Gasteiger partial charge in [0.05, 0.1) is 0 Å². The quantitative estimate of drug-likeness (QED) is 0.797. The van der Waals surface area contributed by atoms with Crippen LogP contribution in [0.5, 0.6) is 0 Å². The highest BCUT2D eigenvalue weighted by molar-refractivity contribution is 5.14. The minimum atomic E-state index is 0.350. The van der Waals surface area contributed by atoms with Gasteiger partial charge in [0.25, 0.3) is 0 Å². The van der Waals surface area contributed by atoms with E-state index in [0.717, 1.165) is 13.1 Å². The molecule has 2 N–H and O–H groups in total. The zero-order valence-corrected chi connectivity index (χ0v) is 9.26. The third kappa shape index (κ3) is 2.55. The molecule has 3 nitrogen and oxygen atoms in total. The summed E-state index contributed by atoms with van der Waals surface area (Å²) in [5, 5.41) is 0. The molecule has 1 fully saturated rings. The smallest absolute Gasteiger partial charge is 0.0321 e. The fraction of sp³-hybridized carbons (Fsp3) is 0.583. The third-order valence-electron chi connectivity index (χ3n) is 3.23. The van der Waals surface area contributed by atoms with Crippen molar-refractivity contribution in [2.24, 2.45) is 5.73 Å². The van der Waals surface area contributed by atoms with Crippen LogP contribution in [0.4, 0.5) is 0 Å². The van der Waals surface area contributed by atoms with Gasteiger partial charge in [-0.25, -0.2) is 0 Å². The van der Waals surface area contributed by atoms with Crippen molar-refractivity contribution in [2.45, 2.75) is 31.8 Å². The highest BCUT2D eigenvalue weighted by atomic mass is 15.2. The second-order valence-electron chi connectivity index (χ2n) is 4.35. The first-order chi connectivity index (χ1) is 7.27. The molecular formula is C12H19N3. The van der Waals surface area contributed by atoms with Gasteiger partial charge in [-0.3, -0.25) is 9.88 Å². The predicted molar refractivity (Wildman–Crippen MR) is 61.4 cm³/mol. The molecule has 0 amide bonds. The zero-order chi connectivity index (χ0) is 10.7. The van der Waals surface area contributed by atoms with Gasteiger partial charge < -0.3 is 5.73 Å². The van der Waals surface area contributed by atoms with Gasteiger partial charge in [-0.05, 0) is 44.0 Å². The van der Waals surface area contributed by atoms with Crippen LogP contribution in [0.2, 0.25) is 0 Å². The molecule has 0 saturated carbocycles. The summed E-state index contributed by atoms with van der Waals surface area (Å²) >= 11 is 0. The van der Waals surface area contributed by atoms with Crippen LogP contribution < -0.4 is 5.73 Å². The normalized spacial score (nSPS) is 25.1. The molecule has 1 aliphatic heterocycles. The molecule has 2 heterocycles. The molecule has 3 heteroatoms. The molecule has 1 aliphatic rings. The lowest BCUT2D eigenvalue weighted by atomic mass is 10.0. The molecule has 15 heavy (non-hydrogen) atoms. The Balaban J connectivity index is 2.04. The minimum Gasteiger partial charge on any atom is -0.327 e. The summed E-state index contributed by atoms with van der Waals surface area (Å²) in [5.41, 5.74) is 7.32. The summed E-state index contributed by atoms with van der Waals surface area (Å²) in [4.78, 5) is 6.51. The van der Waals surface area contributed by atoms with E-state index in [0.29, 0.717) is 12.1 Å². The highest BCUT2D eigenvalue weighted by Gasteiger charge is 2.21. The van der Waals surface area contributed by atoms with Crippen LogP contribution in [-0.2, 0) is 0 Å². The monoisotopic (exact) mass is 205 g/mol. The zero-order valence-electron chi connectivity index (χ0n) is 9.26. The van der Waals surface area contributed by atoms with Gasteiger partial charge in [0.1, 0.15) is 0 Å². The van der Waals surface area contributed by atoms with E-state index in [1.165, 1.54) is 18.4 Å². The molecule has 2 rings (SSSR count). The SMILES string of the molecule is CC(c1ccncc1)N1CCCC(N)C1. The van der Waals surface area contributed by atoms with Crippen molar-refractivity contribution in [1.29, 1.82) is 0 Å². The number of pyridine rings is 1. The first-order valence-electron chi connectivity index (χ1n) is 5.67. The van der Waals surface area contributed by atoms with Gasteiger partial charge in [0.2, 0.25) is 0 Å². The largest absolute Gasteiger partial charge is 0.327 e. The average Bonchev–Trinajstić information content (AvgIpc) is 2.29. The first-order valence-corrected chi connectivity index (χ1v) is 5.67. The summed E-state index contributed by atoms with van der Waals surface area (Å²) in [6.07, 6.45) is 6.10. The Labute approximate surface area is 91.3 Å². The van der Waals surface area contributed by atoms with Crippen molar-refractivity contribution < 1.29 is 0 Å². The number of nitrogens with zero attached hydrogens (tertiary/aromatic N) is 2. The fourth-order valence-corrected chi connectivity index (χ4v) is 2.24. The Hall–Kier alpha value is -0.930. The lowest BCUT2D eigenvalue weighted by Crippen LogP contribution is -2.43. The highest BCUT2D eigenvalue weighted by Crippen LogP contribution is 2.22. The molecule has 1 saturated heterocycles. The first kappa shape index (κ1) is 10.6. The number of nitrogens with two attached hydrogens (primary N) is 1. The molecule has 0 aromatic carbocycles. The van der Waals surface area contributed by atoms with E-state index in [1.54, 1.807) is 0 Å². The van der Waals surface area contributed by atoms with Crippen molar-refractivity contribution in [2.75, 3.05) is 13.1 Å². The van der Waals surface area contributed by atoms with Gasteiger partial charge >= 0.3 is 0 Å². The van der Waals surface area contributed by atoms with Gasteiger partial charge in [-0.15, -0.1) is 0 Å². The van der Waals surface area contributed by atoms with Crippen LogP contribution in [0.25, 0.3) is 0 Å². The maximum atomic E-state index is 5.99. The van der Waals surface area contributed by atoms with E-state index >= 15 is 0 Å². The molecule has 0 bridgehead atoms. The van der Waals surface area contributed by atoms with Crippen LogP contribution in [-0.4, -0.2) is 29.0 Å². The van der Waals surface area contributed by atoms with E-state index in [1.807, 2.05) is 12.4 Å². The Bertz CT molecular complexity index is 299. The lowest BCUT2D eigenvalue weighted by Gasteiger charge is -2.35. The molecule has 1 aromatic heterocycles. The number of piperidine rings is 1. The Morgan fingerprint density at radius 3 is 2.87 bits per heavy atom. The van der Waals surface area contributed by atoms with E-state index in [2.05, 4.69) is 28.9 Å². The van der Waals surface area contributed by atoms with Crippen molar-refractivity contribution in [3.05, 3.63) is 30.1 Å². The number of likely N-dealkylation sites (tertiary alicyclic amines) is 1. The number of hydrogen-bond donors (Lipinski definition) is 1. The number of hydrogen-bond acceptors (Lipinski definition) is 3. The summed E-state index contributed by atoms with van der Waals surface area (Å²) in [6.45, 7) is 4.42. The van der Waals surface area contributed by atoms with Crippen LogP contribution in [0.3, 0.4) is 0 Å². The van der Waals surface area contributed by atoms with Crippen LogP contribution in [0.15, 0.2) is 24.5 Å². The van der Waals surface area contributed by atoms with E-state index in [-0.39, 0.29) is 0 Å². The standard InChI is InChI=1S/C12H19N3/c1-10(11-4-6-14-7-5-11)15-8-2-3-12(13)9-15/h4-7,10,12H,2-3,8-9,13H2,1H3. The van der Waals surface area contributed by atoms with Crippen molar-refractivity contribution >= 4 is 0 Å². The van der Waals surface area contributed by atoms with E-state index < -0.39 is 0 Å². The molecule has 1 aromatic rings. The maximum absolute atomic E-state index is 5.99. The van der Waals surface area contributed by atoms with Crippen molar-refractivity contribution in [1.82, 2.24) is 9.88 Å². The Morgan fingerprint density at radius 2 is 2.20 bits per heavy atom. The molecule has 0 spiro atoms. The van der Waals surface area contributed by atoms with Crippen LogP contribution >= 0.6 is 0 Å². The van der Waals surface area contributed by atoms with Gasteiger partial charge in [-0.1, -0.05) is 0 Å². The van der Waals surface area contributed by atoms with E-state index in [9.17, 15) is 0 Å². The summed E-state index contributed by atoms with van der Waals surface area (Å²) in [6, 6.07) is 4.98. The number of rotatable bonds is 2. The molecule has 0 aliphatic carbocycles. The van der Waals surface area contributed by atoms with Crippen LogP contribution in [0.1, 0.15) is 31.4 Å². The average molecular weight is 205 g/mol. The topological polar surface area (TPSA) is 42.2 Å². The van der Waals surface area contributed by atoms with Gasteiger partial charge in [0, 0.05) is 31.0 Å². The molecule has 82 valence electrons. The molecule has 2 unspecified atom stereocenters. The van der Waals surface area contributed by atoms with E-state index in [4.69, 9.17) is 5.73 Å². The second-order valence-corrected chi connectivity index (χ2v) is 4.35. The minimum absolute atomic E-state index is 0.350. The fourth-order valence-electron chi connectivity index (χ4n) is 2.24. The van der Waals surface area contributed by atoms with Crippen molar-refractivity contribution in [3.63, 3.8) is 0 Å². The lowest BCUT2D eigenvalue weighted by molar-refractivity contribution is 0.159. The van der Waals surface area contributed by atoms with Crippen molar-refractivity contribution in [3.8, 4) is 0 Å². The summed E-state index contributed by atoms with van der Waals surface area (Å²) < 4.78 is 0. The van der Waals surface area contributed by atoms with Gasteiger partial charge in [0.15, 0.2) is 0 Å². The molecule has 2 atom stereocenters. The Morgan fingerprint density at radius 1 is 1.47 bits per heavy atom. The summed E-state index contributed by atoms with van der Waals surface area (Å²) in [7, 11) is 0. The predicted octanol–water partition coefficient (Wildman–Crippen LogP) is 1.57. The number of aromatic nitrogens is 1. The molecule has 0 radical (unpaired) electrons. The Kier molecular flexibility index (Phi) is 3.34. The van der Waals surface area contributed by atoms with Gasteiger partial charge in [-0.2, -0.15) is 0 Å². The maximum Gasteiger partial charge on any atom is 0.0321 e. The summed E-state index contributed by atoms with van der Waals surface area (Å²) in [5.74, 6) is 0. The second kappa shape index (κ2) is 4.73. The van der Waals surface area contributed by atoms with Crippen LogP contribution in [0, 0.1) is 0 Å². The molecular weight excluding hydrogens is 186 g/mol.